The van der Waals surface area contributed by atoms with Gasteiger partial charge in [0.25, 0.3) is 6.04 Å². The normalized spacial score (nSPS) is 14.7. The number of carboxylic acid groups (broad SMARTS) is 1. The summed E-state index contributed by atoms with van der Waals surface area (Å²) in [5.41, 5.74) is 0. The van der Waals surface area contributed by atoms with E-state index < -0.39 is 12.0 Å². The minimum atomic E-state index is -1.16. The lowest BCUT2D eigenvalue weighted by Gasteiger charge is -2.05. The van der Waals surface area contributed by atoms with Gasteiger partial charge in [0.15, 0.2) is 5.28 Å². The summed E-state index contributed by atoms with van der Waals surface area (Å²) in [6.07, 6.45) is 0. The number of aliphatic carboxylic acids is 1. The lowest BCUT2D eigenvalue weighted by Crippen LogP contribution is -2.31. The largest absolute Gasteiger partial charge is 0.476 e. The summed E-state index contributed by atoms with van der Waals surface area (Å²) in [7, 11) is 0. The molecule has 0 heterocycles. The first-order valence-electron chi connectivity index (χ1n) is 2.28. The smallest absolute Gasteiger partial charge is 0.375 e. The Kier molecular flexibility index (Phi) is 4.05. The number of hydrogen-bond donors (Lipinski definition) is 3. The second kappa shape index (κ2) is 4.29. The second-order valence-corrected chi connectivity index (χ2v) is 2.17. The molecule has 0 radical (unpaired) electrons. The second-order valence-electron chi connectivity index (χ2n) is 1.43. The zero-order valence-corrected chi connectivity index (χ0v) is 6.55. The van der Waals surface area contributed by atoms with E-state index in [1.165, 1.54) is 0 Å². The van der Waals surface area contributed by atoms with Crippen molar-refractivity contribution in [1.82, 2.24) is 0 Å². The van der Waals surface area contributed by atoms with Gasteiger partial charge in [-0.1, -0.05) is 0 Å². The molecular formula is C3H6N2O3S2. The number of carboxylic acids is 1. The van der Waals surface area contributed by atoms with Gasteiger partial charge >= 0.3 is 5.97 Å². The predicted molar refractivity (Wildman–Crippen MR) is 37.1 cm³/mol. The van der Waals surface area contributed by atoms with E-state index in [-0.39, 0.29) is 5.75 Å². The number of rotatable bonds is 3. The van der Waals surface area contributed by atoms with Crippen molar-refractivity contribution in [2.24, 2.45) is 5.28 Å². The van der Waals surface area contributed by atoms with Crippen LogP contribution in [0, 0.1) is 0 Å². The first kappa shape index (κ1) is 9.44. The topological polar surface area (TPSA) is 72.9 Å². The highest BCUT2D eigenvalue weighted by Gasteiger charge is 2.22. The monoisotopic (exact) mass is 182 g/mol. The Labute approximate surface area is 68.3 Å². The SMILES string of the molecule is O=C(O)C(CS)[N+]([S-])=NO. The van der Waals surface area contributed by atoms with Crippen molar-refractivity contribution < 1.29 is 19.2 Å². The van der Waals surface area contributed by atoms with E-state index in [0.717, 1.165) is 0 Å². The van der Waals surface area contributed by atoms with Crippen LogP contribution in [0.1, 0.15) is 0 Å². The third-order valence-corrected chi connectivity index (χ3v) is 1.49. The molecule has 7 heteroatoms. The van der Waals surface area contributed by atoms with Crippen molar-refractivity contribution in [3.8, 4) is 0 Å². The zero-order chi connectivity index (χ0) is 8.15. The molecule has 10 heavy (non-hydrogen) atoms. The van der Waals surface area contributed by atoms with Crippen LogP contribution in [0.4, 0.5) is 0 Å². The third-order valence-electron chi connectivity index (χ3n) is 0.813. The van der Waals surface area contributed by atoms with Gasteiger partial charge in [-0.2, -0.15) is 16.7 Å². The molecule has 1 unspecified atom stereocenters. The van der Waals surface area contributed by atoms with Gasteiger partial charge in [-0.25, -0.2) is 4.79 Å². The van der Waals surface area contributed by atoms with Gasteiger partial charge in [0.05, 0.1) is 5.75 Å². The molecule has 0 aliphatic rings. The highest BCUT2D eigenvalue weighted by Crippen LogP contribution is 1.93. The summed E-state index contributed by atoms with van der Waals surface area (Å²) in [5, 5.41) is 18.9. The first-order valence-corrected chi connectivity index (χ1v) is 3.28. The third kappa shape index (κ3) is 2.36. The van der Waals surface area contributed by atoms with E-state index in [1.54, 1.807) is 0 Å². The van der Waals surface area contributed by atoms with Crippen molar-refractivity contribution in [3.63, 3.8) is 0 Å². The first-order chi connectivity index (χ1) is 4.63. The number of nitrogens with zero attached hydrogens (tertiary/aromatic N) is 2. The van der Waals surface area contributed by atoms with Crippen molar-refractivity contribution >= 4 is 31.4 Å². The molecule has 0 spiro atoms. The van der Waals surface area contributed by atoms with E-state index in [4.69, 9.17) is 10.3 Å². The maximum atomic E-state index is 10.2. The number of hydrogen-bond acceptors (Lipinski definition) is 4. The molecule has 0 bridgehead atoms. The van der Waals surface area contributed by atoms with Gasteiger partial charge in [-0.05, 0) is 0 Å². The van der Waals surface area contributed by atoms with E-state index >= 15 is 0 Å². The Bertz CT molecular complexity index is 160. The van der Waals surface area contributed by atoms with Gasteiger partial charge in [0, 0.05) is 0 Å². The Balaban J connectivity index is 4.21. The average molecular weight is 182 g/mol. The number of thiol groups is 1. The fraction of sp³-hybridized carbons (Fsp3) is 0.667. The summed E-state index contributed by atoms with van der Waals surface area (Å²) in [4.78, 5) is 10.2. The average Bonchev–Trinajstić information content (AvgIpc) is 1.88. The van der Waals surface area contributed by atoms with Crippen LogP contribution < -0.4 is 0 Å². The molecule has 2 N–H and O–H groups in total. The van der Waals surface area contributed by atoms with Gasteiger partial charge in [0.1, 0.15) is 0 Å². The minimum absolute atomic E-state index is 0.00287. The maximum absolute atomic E-state index is 10.2. The molecule has 58 valence electrons. The van der Waals surface area contributed by atoms with Crippen molar-refractivity contribution in [2.45, 2.75) is 6.04 Å². The Morgan fingerprint density at radius 1 is 1.90 bits per heavy atom. The zero-order valence-electron chi connectivity index (χ0n) is 4.84. The van der Waals surface area contributed by atoms with Crippen molar-refractivity contribution in [1.29, 1.82) is 0 Å². The summed E-state index contributed by atoms with van der Waals surface area (Å²) >= 11 is 8.01. The fourth-order valence-corrected chi connectivity index (χ4v) is 0.891. The molecule has 0 saturated carbocycles. The van der Waals surface area contributed by atoms with E-state index in [2.05, 4.69) is 30.7 Å². The highest BCUT2D eigenvalue weighted by atomic mass is 32.1. The van der Waals surface area contributed by atoms with E-state index in [1.807, 2.05) is 0 Å². The van der Waals surface area contributed by atoms with Crippen molar-refractivity contribution in [2.75, 3.05) is 5.75 Å². The molecule has 0 rings (SSSR count). The van der Waals surface area contributed by atoms with Crippen LogP contribution >= 0.6 is 12.6 Å². The minimum Gasteiger partial charge on any atom is -0.476 e. The summed E-state index contributed by atoms with van der Waals surface area (Å²) < 4.78 is 0.509. The Morgan fingerprint density at radius 2 is 2.40 bits per heavy atom. The van der Waals surface area contributed by atoms with Crippen LogP contribution in [0.5, 0.6) is 0 Å². The van der Waals surface area contributed by atoms with E-state index in [0.29, 0.717) is 4.10 Å². The maximum Gasteiger partial charge on any atom is 0.375 e. The number of carbonyl (C=O) groups is 1. The Morgan fingerprint density at radius 3 is 2.50 bits per heavy atom. The van der Waals surface area contributed by atoms with Crippen LogP contribution in [-0.2, 0) is 17.6 Å². The molecule has 0 fully saturated rings. The lowest BCUT2D eigenvalue weighted by atomic mass is 10.4. The molecule has 0 aromatic rings. The van der Waals surface area contributed by atoms with Crippen LogP contribution in [0.3, 0.4) is 0 Å². The van der Waals surface area contributed by atoms with Crippen LogP contribution in [0.25, 0.3) is 0 Å². The van der Waals surface area contributed by atoms with Gasteiger partial charge in [-0.3, -0.25) is 0 Å². The van der Waals surface area contributed by atoms with Gasteiger partial charge in [-0.15, -0.1) is 0 Å². The van der Waals surface area contributed by atoms with Crippen LogP contribution in [-0.4, -0.2) is 32.2 Å². The molecule has 5 nitrogen and oxygen atoms in total. The van der Waals surface area contributed by atoms with Gasteiger partial charge < -0.3 is 23.1 Å². The Hall–Kier alpha value is -0.560. The van der Waals surface area contributed by atoms with Gasteiger partial charge in [0.2, 0.25) is 0 Å². The van der Waals surface area contributed by atoms with Crippen LogP contribution in [0.2, 0.25) is 0 Å². The predicted octanol–water partition coefficient (Wildman–Crippen LogP) is -0.315. The molecule has 1 atom stereocenters. The standard InChI is InChI=1S/C3H6N2O3S2/c6-3(7)2(1-9)5(10)4-8/h2,8-9H,1H2,(H,6,7). The molecule has 0 aromatic carbocycles. The van der Waals surface area contributed by atoms with Crippen molar-refractivity contribution in [3.05, 3.63) is 0 Å². The lowest BCUT2D eigenvalue weighted by molar-refractivity contribution is -0.481. The molecule has 0 amide bonds. The molecule has 0 saturated heterocycles. The summed E-state index contributed by atoms with van der Waals surface area (Å²) in [6, 6.07) is -1.05. The molecule has 0 aliphatic heterocycles. The fourth-order valence-electron chi connectivity index (χ4n) is 0.305. The quantitative estimate of drug-likeness (QED) is 0.184. The molecule has 0 aromatic heterocycles. The molecule has 0 aliphatic carbocycles. The summed E-state index contributed by atoms with van der Waals surface area (Å²) in [6.45, 7) is 0. The van der Waals surface area contributed by atoms with E-state index in [9.17, 15) is 4.79 Å². The highest BCUT2D eigenvalue weighted by molar-refractivity contribution is 7.80. The molecular weight excluding hydrogens is 176 g/mol. The van der Waals surface area contributed by atoms with Crippen LogP contribution in [0.15, 0.2) is 5.28 Å². The summed E-state index contributed by atoms with van der Waals surface area (Å²) in [5.74, 6) is -1.16.